The number of thiazole rings is 1. The lowest BCUT2D eigenvalue weighted by molar-refractivity contribution is 0.0795. The van der Waals surface area contributed by atoms with E-state index in [4.69, 9.17) is 5.73 Å². The Labute approximate surface area is 143 Å². The van der Waals surface area contributed by atoms with Crippen molar-refractivity contribution >= 4 is 68.1 Å². The van der Waals surface area contributed by atoms with E-state index in [0.717, 1.165) is 32.5 Å². The molecule has 0 bridgehead atoms. The third-order valence-corrected chi connectivity index (χ3v) is 5.50. The lowest BCUT2D eigenvalue weighted by Gasteiger charge is -2.14. The summed E-state index contributed by atoms with van der Waals surface area (Å²) < 4.78 is 1.08. The van der Waals surface area contributed by atoms with Crippen LogP contribution in [0.25, 0.3) is 9.53 Å². The molecule has 0 aromatic carbocycles. The second kappa shape index (κ2) is 7.11. The highest BCUT2D eigenvalue weighted by Crippen LogP contribution is 2.34. The minimum absolute atomic E-state index is 0. The summed E-state index contributed by atoms with van der Waals surface area (Å²) in [6, 6.07) is 2.08. The van der Waals surface area contributed by atoms with E-state index in [9.17, 15) is 4.79 Å². The molecule has 0 radical (unpaired) electrons. The molecule has 1 fully saturated rings. The molecule has 9 heteroatoms. The van der Waals surface area contributed by atoms with E-state index >= 15 is 0 Å². The van der Waals surface area contributed by atoms with Crippen molar-refractivity contribution in [2.45, 2.75) is 12.5 Å². The Bertz CT molecular complexity index is 596. The quantitative estimate of drug-likeness (QED) is 0.883. The summed E-state index contributed by atoms with van der Waals surface area (Å²) in [4.78, 5) is 22.4. The van der Waals surface area contributed by atoms with Gasteiger partial charge >= 0.3 is 0 Å². The molecule has 21 heavy (non-hydrogen) atoms. The van der Waals surface area contributed by atoms with Gasteiger partial charge in [-0.05, 0) is 12.5 Å². The molecule has 0 unspecified atom stereocenters. The molecule has 1 amide bonds. The molecule has 0 saturated carbocycles. The van der Waals surface area contributed by atoms with Gasteiger partial charge in [-0.15, -0.1) is 36.2 Å². The molecule has 3 rings (SSSR count). The van der Waals surface area contributed by atoms with Crippen LogP contribution in [0.2, 0.25) is 0 Å². The summed E-state index contributed by atoms with van der Waals surface area (Å²) >= 11 is 3.09. The highest BCUT2D eigenvalue weighted by Gasteiger charge is 2.26. The molecule has 1 saturated heterocycles. The Balaban J connectivity index is 0.00000110. The Morgan fingerprint density at radius 3 is 2.67 bits per heavy atom. The second-order valence-corrected chi connectivity index (χ2v) is 7.01. The average Bonchev–Trinajstić information content (AvgIpc) is 3.00. The van der Waals surface area contributed by atoms with Crippen LogP contribution in [0.5, 0.6) is 0 Å². The van der Waals surface area contributed by atoms with E-state index in [2.05, 4.69) is 4.98 Å². The van der Waals surface area contributed by atoms with Gasteiger partial charge in [-0.1, -0.05) is 11.3 Å². The standard InChI is InChI=1S/C12H16N4OS2.2ClH/c1-15(2)12-14-10-8(19-12)5-9(18-10)11(17)16-4-3-7(13)6-16;;/h5,7H,3-4,6,13H2,1-2H3;2*1H/t7-;;/m1../s1. The number of fused-ring (bicyclic) bond motifs is 1. The highest BCUT2D eigenvalue weighted by atomic mass is 35.5. The third-order valence-electron chi connectivity index (χ3n) is 3.18. The fraction of sp³-hybridized carbons (Fsp3) is 0.500. The second-order valence-electron chi connectivity index (χ2n) is 4.97. The van der Waals surface area contributed by atoms with Gasteiger partial charge in [0.25, 0.3) is 5.91 Å². The molecule has 0 aliphatic carbocycles. The van der Waals surface area contributed by atoms with Crippen LogP contribution < -0.4 is 10.6 Å². The van der Waals surface area contributed by atoms with Gasteiger partial charge in [-0.25, -0.2) is 4.98 Å². The molecule has 2 aromatic rings. The number of aromatic nitrogens is 1. The van der Waals surface area contributed by atoms with Crippen molar-refractivity contribution in [1.82, 2.24) is 9.88 Å². The van der Waals surface area contributed by atoms with Crippen molar-refractivity contribution in [3.63, 3.8) is 0 Å². The minimum atomic E-state index is 0. The number of thiophene rings is 1. The monoisotopic (exact) mass is 368 g/mol. The van der Waals surface area contributed by atoms with Gasteiger partial charge in [0, 0.05) is 33.2 Å². The number of halogens is 2. The minimum Gasteiger partial charge on any atom is -0.354 e. The van der Waals surface area contributed by atoms with Gasteiger partial charge in [0.1, 0.15) is 4.83 Å². The van der Waals surface area contributed by atoms with Gasteiger partial charge < -0.3 is 15.5 Å². The zero-order valence-electron chi connectivity index (χ0n) is 11.7. The molecule has 0 spiro atoms. The SMILES string of the molecule is CN(C)c1nc2sc(C(=O)N3CC[C@@H](N)C3)cc2s1.Cl.Cl. The zero-order chi connectivity index (χ0) is 13.6. The molecule has 5 nitrogen and oxygen atoms in total. The largest absolute Gasteiger partial charge is 0.354 e. The Morgan fingerprint density at radius 2 is 2.14 bits per heavy atom. The van der Waals surface area contributed by atoms with Crippen molar-refractivity contribution in [3.05, 3.63) is 10.9 Å². The molecule has 1 atom stereocenters. The van der Waals surface area contributed by atoms with Gasteiger partial charge in [0.15, 0.2) is 5.13 Å². The van der Waals surface area contributed by atoms with Crippen molar-refractivity contribution in [1.29, 1.82) is 0 Å². The maximum atomic E-state index is 12.3. The molecule has 2 N–H and O–H groups in total. The van der Waals surface area contributed by atoms with E-state index < -0.39 is 0 Å². The number of hydrogen-bond donors (Lipinski definition) is 1. The van der Waals surface area contributed by atoms with Gasteiger partial charge in [0.2, 0.25) is 0 Å². The maximum Gasteiger partial charge on any atom is 0.264 e. The predicted octanol–water partition coefficient (Wildman–Crippen LogP) is 2.44. The van der Waals surface area contributed by atoms with E-state index in [1.54, 1.807) is 11.3 Å². The lowest BCUT2D eigenvalue weighted by atomic mass is 10.3. The molecule has 1 aliphatic rings. The first kappa shape index (κ1) is 18.4. The Morgan fingerprint density at radius 1 is 1.43 bits per heavy atom. The van der Waals surface area contributed by atoms with E-state index in [1.807, 2.05) is 30.0 Å². The molecular formula is C12H18Cl2N4OS2. The van der Waals surface area contributed by atoms with Crippen LogP contribution in [0.3, 0.4) is 0 Å². The summed E-state index contributed by atoms with van der Waals surface area (Å²) in [5.41, 5.74) is 5.84. The summed E-state index contributed by atoms with van der Waals surface area (Å²) in [5, 5.41) is 0.975. The number of nitrogens with zero attached hydrogens (tertiary/aromatic N) is 3. The first-order valence-electron chi connectivity index (χ1n) is 6.17. The number of carbonyl (C=O) groups excluding carboxylic acids is 1. The maximum absolute atomic E-state index is 12.3. The number of rotatable bonds is 2. The zero-order valence-corrected chi connectivity index (χ0v) is 15.0. The normalized spacial score (nSPS) is 17.5. The van der Waals surface area contributed by atoms with Crippen LogP contribution >= 0.6 is 47.5 Å². The third kappa shape index (κ3) is 3.60. The number of carbonyl (C=O) groups is 1. The predicted molar refractivity (Wildman–Crippen MR) is 94.8 cm³/mol. The van der Waals surface area contributed by atoms with E-state index in [1.165, 1.54) is 11.3 Å². The van der Waals surface area contributed by atoms with Crippen molar-refractivity contribution < 1.29 is 4.79 Å². The molecule has 118 valence electrons. The number of likely N-dealkylation sites (tertiary alicyclic amines) is 1. The fourth-order valence-corrected chi connectivity index (χ4v) is 4.25. The smallest absolute Gasteiger partial charge is 0.264 e. The van der Waals surface area contributed by atoms with E-state index in [0.29, 0.717) is 6.54 Å². The van der Waals surface area contributed by atoms with Crippen molar-refractivity contribution in [2.75, 3.05) is 32.1 Å². The Kier molecular flexibility index (Phi) is 6.24. The Hall–Kier alpha value is -0.600. The van der Waals surface area contributed by atoms with Crippen LogP contribution in [-0.4, -0.2) is 49.0 Å². The topological polar surface area (TPSA) is 62.5 Å². The van der Waals surface area contributed by atoms with Crippen LogP contribution in [0.15, 0.2) is 6.07 Å². The summed E-state index contributed by atoms with van der Waals surface area (Å²) in [5.74, 6) is 0.0922. The first-order chi connectivity index (χ1) is 9.04. The van der Waals surface area contributed by atoms with Crippen LogP contribution in [-0.2, 0) is 0 Å². The van der Waals surface area contributed by atoms with Crippen LogP contribution in [0.1, 0.15) is 16.1 Å². The summed E-state index contributed by atoms with van der Waals surface area (Å²) in [6.45, 7) is 1.43. The van der Waals surface area contributed by atoms with Crippen molar-refractivity contribution in [2.24, 2.45) is 5.73 Å². The molecule has 1 aliphatic heterocycles. The average molecular weight is 369 g/mol. The highest BCUT2D eigenvalue weighted by molar-refractivity contribution is 7.29. The van der Waals surface area contributed by atoms with Crippen molar-refractivity contribution in [3.8, 4) is 0 Å². The number of hydrogen-bond acceptors (Lipinski definition) is 6. The number of anilines is 1. The van der Waals surface area contributed by atoms with Crippen LogP contribution in [0, 0.1) is 0 Å². The van der Waals surface area contributed by atoms with Gasteiger partial charge in [-0.2, -0.15) is 0 Å². The lowest BCUT2D eigenvalue weighted by Crippen LogP contribution is -2.31. The summed E-state index contributed by atoms with van der Waals surface area (Å²) in [6.07, 6.45) is 0.897. The first-order valence-corrected chi connectivity index (χ1v) is 7.80. The van der Waals surface area contributed by atoms with Gasteiger partial charge in [-0.3, -0.25) is 4.79 Å². The van der Waals surface area contributed by atoms with E-state index in [-0.39, 0.29) is 36.8 Å². The van der Waals surface area contributed by atoms with Gasteiger partial charge in [0.05, 0.1) is 9.58 Å². The number of nitrogens with two attached hydrogens (primary N) is 1. The molecule has 3 heterocycles. The van der Waals surface area contributed by atoms with Crippen LogP contribution in [0.4, 0.5) is 5.13 Å². The molecular weight excluding hydrogens is 351 g/mol. The summed E-state index contributed by atoms with van der Waals surface area (Å²) in [7, 11) is 3.94. The fourth-order valence-electron chi connectivity index (χ4n) is 2.15. The molecule has 2 aromatic heterocycles. The number of amides is 1.